The molecule has 1 aromatic carbocycles. The van der Waals surface area contributed by atoms with Gasteiger partial charge < -0.3 is 15.2 Å². The van der Waals surface area contributed by atoms with Gasteiger partial charge in [-0.15, -0.1) is 0 Å². The molecule has 46 heavy (non-hydrogen) atoms. The first-order valence-corrected chi connectivity index (χ1v) is 16.3. The van der Waals surface area contributed by atoms with E-state index in [0.717, 1.165) is 67.5 Å². The molecular weight excluding hydrogens is 586 g/mol. The summed E-state index contributed by atoms with van der Waals surface area (Å²) in [5.74, 6) is -1.01. The fourth-order valence-corrected chi connectivity index (χ4v) is 7.58. The Kier molecular flexibility index (Phi) is 8.06. The molecule has 2 aromatic heterocycles. The minimum absolute atomic E-state index is 0.0461. The maximum Gasteiger partial charge on any atom is 0.264 e. The number of hydrogen-bond donors (Lipinski definition) is 3. The molecule has 3 saturated heterocycles. The number of nitrogens with zero attached hydrogens (tertiary/aromatic N) is 4. The monoisotopic (exact) mass is 625 g/mol. The van der Waals surface area contributed by atoms with Crippen molar-refractivity contribution in [2.75, 3.05) is 36.9 Å². The maximum absolute atomic E-state index is 13.5. The van der Waals surface area contributed by atoms with Crippen LogP contribution in [-0.2, 0) is 14.4 Å². The second kappa shape index (κ2) is 12.3. The molecule has 1 unspecified atom stereocenters. The van der Waals surface area contributed by atoms with Crippen LogP contribution in [0.1, 0.15) is 90.2 Å². The Morgan fingerprint density at radius 2 is 1.83 bits per heavy atom. The molecule has 0 saturated carbocycles. The Balaban J connectivity index is 0.904. The largest absolute Gasteiger partial charge is 0.371 e. The quantitative estimate of drug-likeness (QED) is 0.321. The summed E-state index contributed by atoms with van der Waals surface area (Å²) in [6.45, 7) is 2.56. The highest BCUT2D eigenvalue weighted by atomic mass is 16.2. The minimum Gasteiger partial charge on any atom is -0.371 e. The molecule has 4 aliphatic rings. The first kappa shape index (κ1) is 30.1. The van der Waals surface area contributed by atoms with Gasteiger partial charge in [0.2, 0.25) is 17.7 Å². The van der Waals surface area contributed by atoms with Crippen LogP contribution in [-0.4, -0.2) is 82.0 Å². The van der Waals surface area contributed by atoms with E-state index in [-0.39, 0.29) is 18.7 Å². The van der Waals surface area contributed by atoms with Gasteiger partial charge in [-0.2, -0.15) is 0 Å². The van der Waals surface area contributed by atoms with E-state index in [2.05, 4.69) is 43.5 Å². The summed E-state index contributed by atoms with van der Waals surface area (Å²) in [6.07, 6.45) is 8.30. The third-order valence-electron chi connectivity index (χ3n) is 10.1. The molecule has 0 aliphatic carbocycles. The molecule has 3 N–H and O–H groups in total. The van der Waals surface area contributed by atoms with Crippen molar-refractivity contribution >= 4 is 51.9 Å². The van der Waals surface area contributed by atoms with Gasteiger partial charge in [-0.25, -0.2) is 4.98 Å². The zero-order valence-electron chi connectivity index (χ0n) is 26.0. The highest BCUT2D eigenvalue weighted by molar-refractivity contribution is 6.25. The Morgan fingerprint density at radius 1 is 1.00 bits per heavy atom. The second-order valence-electron chi connectivity index (χ2n) is 13.0. The molecule has 2 atom stereocenters. The van der Waals surface area contributed by atoms with Crippen LogP contribution in [0.4, 0.5) is 11.5 Å². The van der Waals surface area contributed by atoms with Gasteiger partial charge in [-0.05, 0) is 82.7 Å². The van der Waals surface area contributed by atoms with E-state index in [1.165, 1.54) is 12.1 Å². The third-order valence-corrected chi connectivity index (χ3v) is 10.1. The molecule has 3 aromatic rings. The third kappa shape index (κ3) is 5.66. The maximum atomic E-state index is 13.5. The average Bonchev–Trinajstić information content (AvgIpc) is 3.73. The van der Waals surface area contributed by atoms with Crippen LogP contribution < -0.4 is 15.5 Å². The van der Waals surface area contributed by atoms with E-state index in [1.54, 1.807) is 12.1 Å². The van der Waals surface area contributed by atoms with E-state index in [4.69, 9.17) is 0 Å². The van der Waals surface area contributed by atoms with Crippen LogP contribution in [0.25, 0.3) is 10.9 Å². The number of fused-ring (bicyclic) bond motifs is 2. The topological polar surface area (TPSA) is 148 Å². The molecule has 12 heteroatoms. The molecule has 12 nitrogen and oxygen atoms in total. The van der Waals surface area contributed by atoms with Crippen molar-refractivity contribution in [3.05, 3.63) is 53.3 Å². The fraction of sp³-hybridized carbons (Fsp3) is 0.471. The Bertz CT molecular complexity index is 1730. The number of aromatic amines is 1. The van der Waals surface area contributed by atoms with Gasteiger partial charge in [0.05, 0.1) is 22.3 Å². The molecule has 0 spiro atoms. The van der Waals surface area contributed by atoms with Crippen LogP contribution in [0.15, 0.2) is 36.5 Å². The van der Waals surface area contributed by atoms with Crippen LogP contribution in [0.2, 0.25) is 0 Å². The number of piperidine rings is 2. The number of aromatic nitrogens is 2. The van der Waals surface area contributed by atoms with E-state index in [0.29, 0.717) is 41.0 Å². The van der Waals surface area contributed by atoms with Crippen molar-refractivity contribution in [1.29, 1.82) is 0 Å². The number of imide groups is 2. The van der Waals surface area contributed by atoms with Crippen molar-refractivity contribution < 1.29 is 24.0 Å². The smallest absolute Gasteiger partial charge is 0.264 e. The lowest BCUT2D eigenvalue weighted by atomic mass is 9.90. The van der Waals surface area contributed by atoms with Crippen LogP contribution in [0.3, 0.4) is 0 Å². The first-order chi connectivity index (χ1) is 22.3. The molecule has 3 fully saturated rings. The summed E-state index contributed by atoms with van der Waals surface area (Å²) in [4.78, 5) is 77.0. The van der Waals surface area contributed by atoms with Crippen LogP contribution in [0, 0.1) is 5.92 Å². The predicted octanol–water partition coefficient (Wildman–Crippen LogP) is 3.76. The lowest BCUT2D eigenvalue weighted by Gasteiger charge is -2.34. The van der Waals surface area contributed by atoms with Crippen molar-refractivity contribution in [3.63, 3.8) is 0 Å². The number of nitrogens with one attached hydrogen (secondary N) is 3. The Labute approximate surface area is 266 Å². The zero-order valence-corrected chi connectivity index (χ0v) is 26.0. The molecule has 5 amide bonds. The van der Waals surface area contributed by atoms with E-state index >= 15 is 0 Å². The van der Waals surface area contributed by atoms with Gasteiger partial charge in [-0.1, -0.05) is 6.07 Å². The molecule has 0 radical (unpaired) electrons. The standard InChI is InChI=1S/C34H39N7O5/c1-39-14-4-8-25(39)24-17-21-19-35-28(18-23(21)36-24)37-29(42)9-2-5-20-12-15-40(16-13-20)26-7-3-6-22-31(26)34(46)41(33(22)45)27-10-11-30(43)38-32(27)44/h3,6-7,17-20,25,27,36H,2,4-5,8-16H2,1H3,(H,35,37,42)(H,38,43,44)/t25-,27?/m1/s1. The summed E-state index contributed by atoms with van der Waals surface area (Å²) >= 11 is 0. The first-order valence-electron chi connectivity index (χ1n) is 16.3. The number of rotatable bonds is 8. The molecule has 240 valence electrons. The SMILES string of the molecule is CN1CCC[C@@H]1c1cc2cnc(NC(=O)CCCC3CCN(c4cccc5c4C(=O)N(C4CCC(=O)NC4=O)C5=O)CC3)cc2[nH]1. The summed E-state index contributed by atoms with van der Waals surface area (Å²) in [6, 6.07) is 8.73. The number of carbonyl (C=O) groups excluding carboxylic acids is 5. The summed E-state index contributed by atoms with van der Waals surface area (Å²) < 4.78 is 0. The number of H-pyrrole nitrogens is 1. The van der Waals surface area contributed by atoms with Gasteiger partial charge in [0, 0.05) is 55.3 Å². The van der Waals surface area contributed by atoms with Gasteiger partial charge >= 0.3 is 0 Å². The Morgan fingerprint density at radius 3 is 2.59 bits per heavy atom. The molecular formula is C34H39N7O5. The van der Waals surface area contributed by atoms with Gasteiger partial charge in [-0.3, -0.25) is 39.1 Å². The van der Waals surface area contributed by atoms with Crippen molar-refractivity contribution in [1.82, 2.24) is 25.1 Å². The molecule has 7 rings (SSSR count). The normalized spacial score (nSPS) is 22.5. The fourth-order valence-electron chi connectivity index (χ4n) is 7.58. The van der Waals surface area contributed by atoms with Crippen molar-refractivity contribution in [3.8, 4) is 0 Å². The summed E-state index contributed by atoms with van der Waals surface area (Å²) in [7, 11) is 2.15. The Hall–Kier alpha value is -4.58. The molecule has 0 bridgehead atoms. The van der Waals surface area contributed by atoms with Crippen molar-refractivity contribution in [2.45, 2.75) is 69.9 Å². The summed E-state index contributed by atoms with van der Waals surface area (Å²) in [5, 5.41) is 6.25. The number of amides is 5. The lowest BCUT2D eigenvalue weighted by molar-refractivity contribution is -0.136. The molecule has 6 heterocycles. The van der Waals surface area contributed by atoms with Crippen molar-refractivity contribution in [2.24, 2.45) is 5.92 Å². The van der Waals surface area contributed by atoms with Gasteiger partial charge in [0.25, 0.3) is 11.8 Å². The zero-order chi connectivity index (χ0) is 31.9. The number of anilines is 2. The van der Waals surface area contributed by atoms with Crippen LogP contribution >= 0.6 is 0 Å². The summed E-state index contributed by atoms with van der Waals surface area (Å²) in [5.41, 5.74) is 3.51. The van der Waals surface area contributed by atoms with Gasteiger partial charge in [0.1, 0.15) is 11.9 Å². The van der Waals surface area contributed by atoms with E-state index < -0.39 is 29.7 Å². The molecule has 4 aliphatic heterocycles. The highest BCUT2D eigenvalue weighted by Gasteiger charge is 2.46. The van der Waals surface area contributed by atoms with E-state index in [9.17, 15) is 24.0 Å². The number of hydrogen-bond acceptors (Lipinski definition) is 8. The highest BCUT2D eigenvalue weighted by Crippen LogP contribution is 2.36. The predicted molar refractivity (Wildman–Crippen MR) is 171 cm³/mol. The lowest BCUT2D eigenvalue weighted by Crippen LogP contribution is -2.54. The van der Waals surface area contributed by atoms with E-state index in [1.807, 2.05) is 18.3 Å². The average molecular weight is 626 g/mol. The minimum atomic E-state index is -0.982. The van der Waals surface area contributed by atoms with Gasteiger partial charge in [0.15, 0.2) is 0 Å². The number of likely N-dealkylation sites (tertiary alicyclic amines) is 1. The second-order valence-corrected chi connectivity index (χ2v) is 13.0. The number of carbonyl (C=O) groups is 5. The number of benzene rings is 1. The van der Waals surface area contributed by atoms with Crippen LogP contribution in [0.5, 0.6) is 0 Å². The number of pyridine rings is 1.